The highest BCUT2D eigenvalue weighted by atomic mass is 31.0. The molecule has 0 rings (SSSR count). The maximum absolute atomic E-state index is 9.43. The fourth-order valence-corrected chi connectivity index (χ4v) is 0. The number of hydrogen-bond acceptors (Lipinski definition) is 2. The van der Waals surface area contributed by atoms with Crippen LogP contribution in [0.3, 0.4) is 0 Å². The van der Waals surface area contributed by atoms with Gasteiger partial charge in [0.05, 0.1) is 0 Å². The molecule has 0 aliphatic heterocycles. The SMILES string of the molecule is O=C([P])CO. The summed E-state index contributed by atoms with van der Waals surface area (Å²) >= 11 is 0. The second-order valence-corrected chi connectivity index (χ2v) is 1.05. The van der Waals surface area contributed by atoms with Crippen molar-refractivity contribution < 1.29 is 9.90 Å². The Morgan fingerprint density at radius 3 is 2.20 bits per heavy atom. The fraction of sp³-hybridized carbons (Fsp3) is 0.500. The van der Waals surface area contributed by atoms with Crippen LogP contribution in [0.4, 0.5) is 0 Å². The van der Waals surface area contributed by atoms with Gasteiger partial charge in [-0.3, -0.25) is 4.79 Å². The van der Waals surface area contributed by atoms with Crippen LogP contribution >= 0.6 is 9.24 Å². The molecule has 28 valence electrons. The summed E-state index contributed by atoms with van der Waals surface area (Å²) in [6.07, 6.45) is 0. The van der Waals surface area contributed by atoms with E-state index in [-0.39, 0.29) is 0 Å². The number of carbonyl (C=O) groups is 1. The van der Waals surface area contributed by atoms with E-state index in [2.05, 4.69) is 9.24 Å². The number of aliphatic hydroxyl groups excluding tert-OH is 1. The minimum atomic E-state index is -0.495. The Kier molecular flexibility index (Phi) is 2.33. The minimum absolute atomic E-state index is 0.469. The van der Waals surface area contributed by atoms with Crippen LogP contribution < -0.4 is 0 Å². The van der Waals surface area contributed by atoms with Gasteiger partial charge >= 0.3 is 0 Å². The lowest BCUT2D eigenvalue weighted by molar-refractivity contribution is -0.113. The summed E-state index contributed by atoms with van der Waals surface area (Å²) in [4.78, 5) is 9.43. The van der Waals surface area contributed by atoms with Crippen molar-refractivity contribution in [1.29, 1.82) is 0 Å². The monoisotopic (exact) mass is 90.0 g/mol. The van der Waals surface area contributed by atoms with Crippen molar-refractivity contribution in [3.63, 3.8) is 0 Å². The van der Waals surface area contributed by atoms with Crippen LogP contribution in [-0.2, 0) is 4.79 Å². The molecule has 2 radical (unpaired) electrons. The van der Waals surface area contributed by atoms with Crippen LogP contribution in [0.5, 0.6) is 0 Å². The lowest BCUT2D eigenvalue weighted by atomic mass is 10.8. The summed E-state index contributed by atoms with van der Waals surface area (Å²) < 4.78 is 0. The zero-order chi connectivity index (χ0) is 4.28. The van der Waals surface area contributed by atoms with Crippen molar-refractivity contribution >= 4 is 14.8 Å². The molecule has 0 unspecified atom stereocenters. The maximum Gasteiger partial charge on any atom is 0.189 e. The van der Waals surface area contributed by atoms with E-state index < -0.39 is 12.1 Å². The second kappa shape index (κ2) is 2.31. The van der Waals surface area contributed by atoms with Crippen molar-refractivity contribution in [2.75, 3.05) is 6.61 Å². The first-order valence-electron chi connectivity index (χ1n) is 1.10. The van der Waals surface area contributed by atoms with Crippen molar-refractivity contribution in [3.8, 4) is 0 Å². The van der Waals surface area contributed by atoms with Crippen LogP contribution in [0.2, 0.25) is 0 Å². The van der Waals surface area contributed by atoms with E-state index in [1.54, 1.807) is 0 Å². The smallest absolute Gasteiger partial charge is 0.189 e. The van der Waals surface area contributed by atoms with Gasteiger partial charge in [0.25, 0.3) is 0 Å². The van der Waals surface area contributed by atoms with Gasteiger partial charge < -0.3 is 5.11 Å². The van der Waals surface area contributed by atoms with Gasteiger partial charge in [-0.05, 0) is 0 Å². The highest BCUT2D eigenvalue weighted by Gasteiger charge is 1.80. The average molecular weight is 90.0 g/mol. The summed E-state index contributed by atoms with van der Waals surface area (Å²) in [6.45, 7) is -0.469. The molecule has 1 N–H and O–H groups in total. The third-order valence-corrected chi connectivity index (χ3v) is 0.277. The molecule has 0 aromatic rings. The van der Waals surface area contributed by atoms with E-state index in [1.807, 2.05) is 0 Å². The maximum atomic E-state index is 9.43. The van der Waals surface area contributed by atoms with E-state index >= 15 is 0 Å². The van der Waals surface area contributed by atoms with Crippen LogP contribution in [0, 0.1) is 0 Å². The molecular weight excluding hydrogens is 87.0 g/mol. The first-order valence-corrected chi connectivity index (χ1v) is 1.54. The molecular formula is C2H3O2P. The van der Waals surface area contributed by atoms with Crippen molar-refractivity contribution in [1.82, 2.24) is 0 Å². The summed E-state index contributed by atoms with van der Waals surface area (Å²) in [6, 6.07) is 0. The molecule has 0 aliphatic rings. The predicted molar refractivity (Wildman–Crippen MR) is 19.0 cm³/mol. The predicted octanol–water partition coefficient (Wildman–Crippen LogP) is -0.0842. The summed E-state index contributed by atoms with van der Waals surface area (Å²) in [7, 11) is 3.21. The molecule has 0 aromatic heterocycles. The van der Waals surface area contributed by atoms with E-state index in [4.69, 9.17) is 5.11 Å². The van der Waals surface area contributed by atoms with E-state index in [9.17, 15) is 4.79 Å². The topological polar surface area (TPSA) is 37.3 Å². The molecule has 0 bridgehead atoms. The zero-order valence-corrected chi connectivity index (χ0v) is 3.40. The van der Waals surface area contributed by atoms with Gasteiger partial charge in [-0.1, -0.05) is 0 Å². The number of aliphatic hydroxyl groups is 1. The Balaban J connectivity index is 2.85. The number of carbonyl (C=O) groups excluding carboxylic acids is 1. The first-order chi connectivity index (χ1) is 2.27. The minimum Gasteiger partial charge on any atom is -0.388 e. The molecule has 2 nitrogen and oxygen atoms in total. The Morgan fingerprint density at radius 1 is 2.00 bits per heavy atom. The third-order valence-electron chi connectivity index (χ3n) is 0.135. The second-order valence-electron chi connectivity index (χ2n) is 0.552. The number of rotatable bonds is 1. The Bertz CT molecular complexity index is 42.9. The lowest BCUT2D eigenvalue weighted by Crippen LogP contribution is -1.88. The summed E-state index contributed by atoms with van der Waals surface area (Å²) in [5.41, 5.74) is -0.495. The fourth-order valence-electron chi connectivity index (χ4n) is 0. The van der Waals surface area contributed by atoms with Gasteiger partial charge in [-0.15, -0.1) is 0 Å². The molecule has 0 aromatic carbocycles. The summed E-state index contributed by atoms with van der Waals surface area (Å²) in [5.74, 6) is 0. The average Bonchev–Trinajstić information content (AvgIpc) is 1.38. The van der Waals surface area contributed by atoms with Crippen molar-refractivity contribution in [2.24, 2.45) is 0 Å². The quantitative estimate of drug-likeness (QED) is 0.457. The zero-order valence-electron chi connectivity index (χ0n) is 2.51. The molecule has 5 heavy (non-hydrogen) atoms. The van der Waals surface area contributed by atoms with E-state index in [0.717, 1.165) is 0 Å². The lowest BCUT2D eigenvalue weighted by Gasteiger charge is -1.70. The molecule has 0 saturated heterocycles. The third kappa shape index (κ3) is 4.06. The van der Waals surface area contributed by atoms with Crippen LogP contribution in [-0.4, -0.2) is 17.2 Å². The first kappa shape index (κ1) is 5.06. The normalized spacial score (nSPS) is 7.60. The molecule has 0 saturated carbocycles. The molecule has 0 atom stereocenters. The Hall–Kier alpha value is 0.0600. The van der Waals surface area contributed by atoms with Gasteiger partial charge in [0.15, 0.2) is 5.52 Å². The Labute approximate surface area is 32.4 Å². The van der Waals surface area contributed by atoms with Gasteiger partial charge in [0, 0.05) is 9.24 Å². The van der Waals surface area contributed by atoms with Gasteiger partial charge in [0.1, 0.15) is 6.61 Å². The highest BCUT2D eigenvalue weighted by molar-refractivity contribution is 7.40. The molecule has 0 fully saturated rings. The molecule has 0 aliphatic carbocycles. The van der Waals surface area contributed by atoms with Crippen molar-refractivity contribution in [2.45, 2.75) is 0 Å². The summed E-state index contributed by atoms with van der Waals surface area (Å²) in [5, 5.41) is 7.72. The van der Waals surface area contributed by atoms with Crippen LogP contribution in [0.15, 0.2) is 0 Å². The largest absolute Gasteiger partial charge is 0.388 e. The molecule has 0 spiro atoms. The molecule has 0 heterocycles. The van der Waals surface area contributed by atoms with Crippen LogP contribution in [0.1, 0.15) is 0 Å². The van der Waals surface area contributed by atoms with E-state index in [1.165, 1.54) is 0 Å². The Morgan fingerprint density at radius 2 is 2.20 bits per heavy atom. The molecule has 0 amide bonds. The highest BCUT2D eigenvalue weighted by Crippen LogP contribution is 1.77. The van der Waals surface area contributed by atoms with Gasteiger partial charge in [0.2, 0.25) is 0 Å². The van der Waals surface area contributed by atoms with Gasteiger partial charge in [-0.2, -0.15) is 0 Å². The van der Waals surface area contributed by atoms with E-state index in [0.29, 0.717) is 0 Å². The molecule has 3 heteroatoms. The van der Waals surface area contributed by atoms with Crippen LogP contribution in [0.25, 0.3) is 0 Å². The van der Waals surface area contributed by atoms with Crippen molar-refractivity contribution in [3.05, 3.63) is 0 Å². The number of hydrogen-bond donors (Lipinski definition) is 1. The van der Waals surface area contributed by atoms with Gasteiger partial charge in [-0.25, -0.2) is 0 Å². The standard InChI is InChI=1S/C2H3O2P/c3-1-2(4)5/h3H,1H2.